The van der Waals surface area contributed by atoms with E-state index in [9.17, 15) is 5.11 Å². The van der Waals surface area contributed by atoms with E-state index < -0.39 is 0 Å². The predicted octanol–water partition coefficient (Wildman–Crippen LogP) is 2.76. The number of thiocarbonyl (C=S) groups is 1. The van der Waals surface area contributed by atoms with E-state index in [0.29, 0.717) is 5.69 Å². The standard InChI is InChI=1S/C11H12N4OS/c1-2-6-3-4-8-7(5-6)9(10(16)13-8)14-15-11(12)17/h3-5,13,16H,2H2,1H3,(H2,12,17). The molecule has 2 aromatic rings. The zero-order valence-electron chi connectivity index (χ0n) is 9.27. The van der Waals surface area contributed by atoms with Gasteiger partial charge in [0.05, 0.1) is 5.52 Å². The van der Waals surface area contributed by atoms with Crippen molar-refractivity contribution in [1.29, 1.82) is 0 Å². The average Bonchev–Trinajstić information content (AvgIpc) is 2.61. The summed E-state index contributed by atoms with van der Waals surface area (Å²) in [7, 11) is 0. The Kier molecular flexibility index (Phi) is 3.06. The second kappa shape index (κ2) is 4.50. The minimum Gasteiger partial charge on any atom is -0.493 e. The summed E-state index contributed by atoms with van der Waals surface area (Å²) in [6.45, 7) is 2.06. The summed E-state index contributed by atoms with van der Waals surface area (Å²) in [5.41, 5.74) is 7.56. The van der Waals surface area contributed by atoms with Crippen molar-refractivity contribution in [1.82, 2.24) is 4.98 Å². The highest BCUT2D eigenvalue weighted by Gasteiger charge is 2.10. The molecule has 0 saturated heterocycles. The number of aromatic amines is 1. The van der Waals surface area contributed by atoms with Crippen LogP contribution < -0.4 is 5.73 Å². The van der Waals surface area contributed by atoms with Gasteiger partial charge in [0.2, 0.25) is 11.0 Å². The number of nitrogens with zero attached hydrogens (tertiary/aromatic N) is 2. The topological polar surface area (TPSA) is 86.8 Å². The lowest BCUT2D eigenvalue weighted by Gasteiger charge is -1.96. The number of fused-ring (bicyclic) bond motifs is 1. The minimum absolute atomic E-state index is 0.0340. The van der Waals surface area contributed by atoms with Crippen LogP contribution in [0, 0.1) is 0 Å². The lowest BCUT2D eigenvalue weighted by Crippen LogP contribution is -2.01. The van der Waals surface area contributed by atoms with Crippen molar-refractivity contribution >= 4 is 33.9 Å². The summed E-state index contributed by atoms with van der Waals surface area (Å²) in [4.78, 5) is 2.82. The molecule has 4 N–H and O–H groups in total. The summed E-state index contributed by atoms with van der Waals surface area (Å²) in [6.07, 6.45) is 0.910. The van der Waals surface area contributed by atoms with E-state index >= 15 is 0 Å². The van der Waals surface area contributed by atoms with Gasteiger partial charge in [-0.25, -0.2) is 0 Å². The third-order valence-electron chi connectivity index (χ3n) is 2.47. The smallest absolute Gasteiger partial charge is 0.218 e. The maximum absolute atomic E-state index is 9.72. The Hall–Kier alpha value is -1.95. The molecular formula is C11H12N4OS. The molecule has 0 atom stereocenters. The van der Waals surface area contributed by atoms with Crippen LogP contribution in [0.25, 0.3) is 10.9 Å². The maximum atomic E-state index is 9.72. The molecule has 88 valence electrons. The highest BCUT2D eigenvalue weighted by molar-refractivity contribution is 7.80. The largest absolute Gasteiger partial charge is 0.493 e. The minimum atomic E-state index is -0.0644. The van der Waals surface area contributed by atoms with Crippen LogP contribution in [0.5, 0.6) is 5.88 Å². The van der Waals surface area contributed by atoms with Crippen LogP contribution in [-0.2, 0) is 6.42 Å². The van der Waals surface area contributed by atoms with Gasteiger partial charge in [-0.2, -0.15) is 0 Å². The Balaban J connectivity index is 2.60. The van der Waals surface area contributed by atoms with Gasteiger partial charge in [0.15, 0.2) is 5.69 Å². The first kappa shape index (κ1) is 11.5. The van der Waals surface area contributed by atoms with E-state index in [1.165, 1.54) is 0 Å². The Morgan fingerprint density at radius 1 is 1.53 bits per heavy atom. The van der Waals surface area contributed by atoms with Crippen molar-refractivity contribution in [2.24, 2.45) is 16.0 Å². The number of azo groups is 1. The van der Waals surface area contributed by atoms with Crippen molar-refractivity contribution in [2.45, 2.75) is 13.3 Å². The zero-order chi connectivity index (χ0) is 12.4. The van der Waals surface area contributed by atoms with Gasteiger partial charge in [-0.1, -0.05) is 13.0 Å². The number of aromatic nitrogens is 1. The van der Waals surface area contributed by atoms with Crippen LogP contribution in [0.1, 0.15) is 12.5 Å². The molecule has 2 rings (SSSR count). The van der Waals surface area contributed by atoms with Crippen molar-refractivity contribution in [2.75, 3.05) is 0 Å². The summed E-state index contributed by atoms with van der Waals surface area (Å²) in [5.74, 6) is -0.0340. The number of benzene rings is 1. The van der Waals surface area contributed by atoms with Crippen LogP contribution in [-0.4, -0.2) is 15.2 Å². The van der Waals surface area contributed by atoms with Crippen LogP contribution in [0.4, 0.5) is 5.69 Å². The number of nitrogens with two attached hydrogens (primary N) is 1. The number of hydrogen-bond acceptors (Lipinski definition) is 3. The Morgan fingerprint density at radius 3 is 2.94 bits per heavy atom. The average molecular weight is 248 g/mol. The van der Waals surface area contributed by atoms with Gasteiger partial charge in [-0.05, 0) is 36.3 Å². The Labute approximate surface area is 103 Å². The van der Waals surface area contributed by atoms with E-state index in [0.717, 1.165) is 22.9 Å². The molecule has 1 heterocycles. The fraction of sp³-hybridized carbons (Fsp3) is 0.182. The van der Waals surface area contributed by atoms with Crippen molar-refractivity contribution in [3.8, 4) is 5.88 Å². The third kappa shape index (κ3) is 2.26. The summed E-state index contributed by atoms with van der Waals surface area (Å²) in [6, 6.07) is 5.85. The molecule has 0 saturated carbocycles. The zero-order valence-corrected chi connectivity index (χ0v) is 10.1. The fourth-order valence-corrected chi connectivity index (χ4v) is 1.67. The number of aromatic hydroxyl groups is 1. The molecule has 0 fully saturated rings. The number of aryl methyl sites for hydroxylation is 1. The quantitative estimate of drug-likeness (QED) is 0.564. The first-order valence-corrected chi connectivity index (χ1v) is 5.57. The monoisotopic (exact) mass is 248 g/mol. The first-order chi connectivity index (χ1) is 8.11. The lowest BCUT2D eigenvalue weighted by molar-refractivity contribution is 0.459. The molecule has 0 amide bonds. The van der Waals surface area contributed by atoms with E-state index in [1.54, 1.807) is 0 Å². The number of hydrogen-bond donors (Lipinski definition) is 3. The van der Waals surface area contributed by atoms with Gasteiger partial charge < -0.3 is 15.8 Å². The van der Waals surface area contributed by atoms with Gasteiger partial charge in [0.25, 0.3) is 0 Å². The van der Waals surface area contributed by atoms with E-state index in [1.807, 2.05) is 18.2 Å². The summed E-state index contributed by atoms with van der Waals surface area (Å²) >= 11 is 4.61. The first-order valence-electron chi connectivity index (χ1n) is 5.16. The highest BCUT2D eigenvalue weighted by atomic mass is 32.1. The van der Waals surface area contributed by atoms with Gasteiger partial charge in [0, 0.05) is 5.39 Å². The van der Waals surface area contributed by atoms with Crippen LogP contribution in [0.2, 0.25) is 0 Å². The molecule has 1 aromatic carbocycles. The fourth-order valence-electron chi connectivity index (χ4n) is 1.63. The molecule has 0 radical (unpaired) electrons. The molecule has 17 heavy (non-hydrogen) atoms. The summed E-state index contributed by atoms with van der Waals surface area (Å²) < 4.78 is 0. The molecule has 0 bridgehead atoms. The van der Waals surface area contributed by atoms with Crippen molar-refractivity contribution in [3.63, 3.8) is 0 Å². The molecule has 0 spiro atoms. The van der Waals surface area contributed by atoms with E-state index in [4.69, 9.17) is 5.73 Å². The maximum Gasteiger partial charge on any atom is 0.218 e. The molecule has 0 aliphatic heterocycles. The van der Waals surface area contributed by atoms with Crippen LogP contribution >= 0.6 is 12.2 Å². The summed E-state index contributed by atoms with van der Waals surface area (Å²) in [5, 5.41) is 17.9. The Bertz CT molecular complexity index is 603. The van der Waals surface area contributed by atoms with Crippen LogP contribution in [0.3, 0.4) is 0 Å². The second-order valence-electron chi connectivity index (χ2n) is 3.59. The molecule has 0 aliphatic carbocycles. The number of nitrogens with one attached hydrogen (secondary N) is 1. The van der Waals surface area contributed by atoms with Crippen LogP contribution in [0.15, 0.2) is 28.4 Å². The number of rotatable bonds is 2. The lowest BCUT2D eigenvalue weighted by atomic mass is 10.1. The van der Waals surface area contributed by atoms with Gasteiger partial charge >= 0.3 is 0 Å². The van der Waals surface area contributed by atoms with Gasteiger partial charge in [-0.15, -0.1) is 10.2 Å². The Morgan fingerprint density at radius 2 is 2.29 bits per heavy atom. The van der Waals surface area contributed by atoms with E-state index in [-0.39, 0.29) is 11.0 Å². The van der Waals surface area contributed by atoms with Crippen molar-refractivity contribution < 1.29 is 5.11 Å². The predicted molar refractivity (Wildman–Crippen MR) is 70.6 cm³/mol. The molecule has 5 nitrogen and oxygen atoms in total. The van der Waals surface area contributed by atoms with Crippen molar-refractivity contribution in [3.05, 3.63) is 23.8 Å². The van der Waals surface area contributed by atoms with Gasteiger partial charge in [-0.3, -0.25) is 0 Å². The molecule has 1 aromatic heterocycles. The molecule has 6 heteroatoms. The highest BCUT2D eigenvalue weighted by Crippen LogP contribution is 2.35. The molecule has 0 unspecified atom stereocenters. The number of H-pyrrole nitrogens is 1. The SMILES string of the molecule is CCc1ccc2[nH]c(O)c(N=NC(N)=S)c2c1. The normalized spacial score (nSPS) is 11.4. The van der Waals surface area contributed by atoms with Gasteiger partial charge in [0.1, 0.15) is 0 Å². The third-order valence-corrected chi connectivity index (χ3v) is 2.55. The second-order valence-corrected chi connectivity index (χ2v) is 4.01. The molecular weight excluding hydrogens is 236 g/mol. The van der Waals surface area contributed by atoms with E-state index in [2.05, 4.69) is 34.4 Å². The molecule has 0 aliphatic rings.